The number of likely N-dealkylation sites (tertiary alicyclic amines) is 1. The number of aryl methyl sites for hydroxylation is 1. The van der Waals surface area contributed by atoms with Gasteiger partial charge in [0.05, 0.1) is 0 Å². The fourth-order valence-corrected chi connectivity index (χ4v) is 3.48. The van der Waals surface area contributed by atoms with E-state index in [1.807, 2.05) is 35.2 Å². The van der Waals surface area contributed by atoms with Crippen molar-refractivity contribution in [3.63, 3.8) is 0 Å². The number of piperidine rings is 1. The summed E-state index contributed by atoms with van der Waals surface area (Å²) >= 11 is 2.33. The van der Waals surface area contributed by atoms with Gasteiger partial charge in [0, 0.05) is 28.4 Å². The molecule has 3 rings (SSSR count). The largest absolute Gasteiger partial charge is 0.445 e. The van der Waals surface area contributed by atoms with Gasteiger partial charge in [-0.2, -0.15) is 0 Å². The van der Waals surface area contributed by atoms with Crippen molar-refractivity contribution >= 4 is 34.4 Å². The third-order valence-corrected chi connectivity index (χ3v) is 5.19. The van der Waals surface area contributed by atoms with Crippen molar-refractivity contribution in [2.45, 2.75) is 32.4 Å². The van der Waals surface area contributed by atoms with Gasteiger partial charge in [0.2, 0.25) is 0 Å². The second-order valence-electron chi connectivity index (χ2n) is 6.41. The lowest BCUT2D eigenvalue weighted by molar-refractivity contribution is 0.0882. The molecule has 1 heterocycles. The summed E-state index contributed by atoms with van der Waals surface area (Å²) in [4.78, 5) is 14.0. The average Bonchev–Trinajstić information content (AvgIpc) is 2.64. The number of amides is 1. The predicted octanol–water partition coefficient (Wildman–Crippen LogP) is 4.81. The van der Waals surface area contributed by atoms with E-state index in [2.05, 4.69) is 53.0 Å². The number of anilines is 1. The van der Waals surface area contributed by atoms with Crippen LogP contribution >= 0.6 is 22.6 Å². The van der Waals surface area contributed by atoms with Crippen LogP contribution in [0.25, 0.3) is 0 Å². The minimum absolute atomic E-state index is 0.215. The molecular weight excluding hydrogens is 427 g/mol. The summed E-state index contributed by atoms with van der Waals surface area (Å²) in [5.74, 6) is 0. The van der Waals surface area contributed by atoms with Crippen molar-refractivity contribution in [1.29, 1.82) is 0 Å². The first-order chi connectivity index (χ1) is 12.1. The second-order valence-corrected chi connectivity index (χ2v) is 7.65. The summed E-state index contributed by atoms with van der Waals surface area (Å²) in [5, 5.41) is 3.62. The zero-order valence-corrected chi connectivity index (χ0v) is 16.5. The van der Waals surface area contributed by atoms with E-state index < -0.39 is 0 Å². The first kappa shape index (κ1) is 18.0. The molecular formula is C20H23IN2O2. The maximum absolute atomic E-state index is 12.2. The van der Waals surface area contributed by atoms with E-state index in [-0.39, 0.29) is 6.09 Å². The average molecular weight is 450 g/mol. The topological polar surface area (TPSA) is 41.6 Å². The lowest BCUT2D eigenvalue weighted by Gasteiger charge is -2.32. The second kappa shape index (κ2) is 8.56. The van der Waals surface area contributed by atoms with E-state index in [9.17, 15) is 4.79 Å². The number of halogens is 1. The molecule has 0 radical (unpaired) electrons. The maximum atomic E-state index is 12.2. The molecule has 0 spiro atoms. The van der Waals surface area contributed by atoms with Crippen molar-refractivity contribution < 1.29 is 9.53 Å². The van der Waals surface area contributed by atoms with Gasteiger partial charge in [-0.15, -0.1) is 0 Å². The molecule has 0 aliphatic carbocycles. The van der Waals surface area contributed by atoms with Crippen LogP contribution in [0.15, 0.2) is 48.5 Å². The smallest absolute Gasteiger partial charge is 0.410 e. The highest BCUT2D eigenvalue weighted by atomic mass is 127. The number of carbonyl (C=O) groups excluding carboxylic acids is 1. The number of ether oxygens (including phenoxy) is 1. The van der Waals surface area contributed by atoms with E-state index in [4.69, 9.17) is 4.74 Å². The van der Waals surface area contributed by atoms with E-state index in [1.54, 1.807) is 0 Å². The van der Waals surface area contributed by atoms with E-state index in [0.717, 1.165) is 31.5 Å². The summed E-state index contributed by atoms with van der Waals surface area (Å²) in [6.07, 6.45) is 1.66. The number of benzene rings is 2. The molecule has 1 amide bonds. The highest BCUT2D eigenvalue weighted by molar-refractivity contribution is 14.1. The molecule has 1 fully saturated rings. The summed E-state index contributed by atoms with van der Waals surface area (Å²) in [6.45, 7) is 3.91. The van der Waals surface area contributed by atoms with Crippen LogP contribution in [0.1, 0.15) is 24.0 Å². The molecule has 132 valence electrons. The van der Waals surface area contributed by atoms with E-state index in [1.165, 1.54) is 14.8 Å². The molecule has 1 N–H and O–H groups in total. The Bertz CT molecular complexity index is 713. The Hall–Kier alpha value is -1.76. The van der Waals surface area contributed by atoms with Gasteiger partial charge in [-0.1, -0.05) is 36.4 Å². The number of hydrogen-bond acceptors (Lipinski definition) is 3. The molecule has 4 nitrogen and oxygen atoms in total. The quantitative estimate of drug-likeness (QED) is 0.680. The van der Waals surface area contributed by atoms with Gasteiger partial charge in [-0.3, -0.25) is 0 Å². The molecule has 1 aliphatic heterocycles. The molecule has 25 heavy (non-hydrogen) atoms. The molecule has 0 saturated carbocycles. The van der Waals surface area contributed by atoms with Crippen LogP contribution in [-0.4, -0.2) is 30.1 Å². The lowest BCUT2D eigenvalue weighted by atomic mass is 10.0. The van der Waals surface area contributed by atoms with Gasteiger partial charge in [0.25, 0.3) is 0 Å². The first-order valence-corrected chi connectivity index (χ1v) is 9.68. The van der Waals surface area contributed by atoms with Gasteiger partial charge in [0.1, 0.15) is 6.61 Å². The van der Waals surface area contributed by atoms with E-state index in [0.29, 0.717) is 12.6 Å². The van der Waals surface area contributed by atoms with Crippen LogP contribution in [-0.2, 0) is 11.3 Å². The molecule has 0 aromatic heterocycles. The molecule has 0 atom stereocenters. The summed E-state index contributed by atoms with van der Waals surface area (Å²) in [6, 6.07) is 16.6. The Balaban J connectivity index is 1.46. The molecule has 5 heteroatoms. The SMILES string of the molecule is Cc1ccc(I)cc1NC1CCN(C(=O)OCc2ccccc2)CC1. The van der Waals surface area contributed by atoms with E-state index >= 15 is 0 Å². The van der Waals surface area contributed by atoms with Crippen molar-refractivity contribution in [2.75, 3.05) is 18.4 Å². The third kappa shape index (κ3) is 5.11. The highest BCUT2D eigenvalue weighted by Gasteiger charge is 2.24. The minimum Gasteiger partial charge on any atom is -0.445 e. The zero-order valence-electron chi connectivity index (χ0n) is 14.4. The van der Waals surface area contributed by atoms with Gasteiger partial charge in [-0.05, 0) is 65.6 Å². The highest BCUT2D eigenvalue weighted by Crippen LogP contribution is 2.22. The van der Waals surface area contributed by atoms with Crippen LogP contribution in [0.2, 0.25) is 0 Å². The fourth-order valence-electron chi connectivity index (χ4n) is 2.99. The van der Waals surface area contributed by atoms with Crippen LogP contribution in [0, 0.1) is 10.5 Å². The van der Waals surface area contributed by atoms with Crippen LogP contribution in [0.4, 0.5) is 10.5 Å². The number of rotatable bonds is 4. The number of carbonyl (C=O) groups is 1. The number of hydrogen-bond donors (Lipinski definition) is 1. The molecule has 0 unspecified atom stereocenters. The number of nitrogens with zero attached hydrogens (tertiary/aromatic N) is 1. The standard InChI is InChI=1S/C20H23IN2O2/c1-15-7-8-17(21)13-19(15)22-18-9-11-23(12-10-18)20(24)25-14-16-5-3-2-4-6-16/h2-8,13,18,22H,9-12,14H2,1H3. The van der Waals surface area contributed by atoms with Crippen LogP contribution < -0.4 is 5.32 Å². The van der Waals surface area contributed by atoms with Gasteiger partial charge < -0.3 is 15.0 Å². The Morgan fingerprint density at radius 2 is 1.92 bits per heavy atom. The Labute approximate surface area is 162 Å². The third-order valence-electron chi connectivity index (χ3n) is 4.52. The molecule has 1 saturated heterocycles. The monoisotopic (exact) mass is 450 g/mol. The van der Waals surface area contributed by atoms with Crippen LogP contribution in [0.5, 0.6) is 0 Å². The molecule has 2 aromatic rings. The summed E-state index contributed by atoms with van der Waals surface area (Å²) < 4.78 is 6.65. The van der Waals surface area contributed by atoms with Gasteiger partial charge >= 0.3 is 6.09 Å². The predicted molar refractivity (Wildman–Crippen MR) is 109 cm³/mol. The normalized spacial score (nSPS) is 15.0. The minimum atomic E-state index is -0.215. The Kier molecular flexibility index (Phi) is 6.18. The fraction of sp³-hybridized carbons (Fsp3) is 0.350. The maximum Gasteiger partial charge on any atom is 0.410 e. The van der Waals surface area contributed by atoms with Crippen molar-refractivity contribution in [3.05, 3.63) is 63.2 Å². The van der Waals surface area contributed by atoms with Gasteiger partial charge in [-0.25, -0.2) is 4.79 Å². The van der Waals surface area contributed by atoms with Crippen molar-refractivity contribution in [3.8, 4) is 0 Å². The molecule has 2 aromatic carbocycles. The van der Waals surface area contributed by atoms with Crippen LogP contribution in [0.3, 0.4) is 0 Å². The first-order valence-electron chi connectivity index (χ1n) is 8.60. The van der Waals surface area contributed by atoms with Gasteiger partial charge in [0.15, 0.2) is 0 Å². The lowest BCUT2D eigenvalue weighted by Crippen LogP contribution is -2.42. The summed E-state index contributed by atoms with van der Waals surface area (Å²) in [5.41, 5.74) is 3.46. The Morgan fingerprint density at radius 1 is 1.20 bits per heavy atom. The number of nitrogens with one attached hydrogen (secondary N) is 1. The van der Waals surface area contributed by atoms with Crippen molar-refractivity contribution in [1.82, 2.24) is 4.90 Å². The van der Waals surface area contributed by atoms with Crippen molar-refractivity contribution in [2.24, 2.45) is 0 Å². The molecule has 1 aliphatic rings. The zero-order chi connectivity index (χ0) is 17.6. The summed E-state index contributed by atoms with van der Waals surface area (Å²) in [7, 11) is 0. The molecule has 0 bridgehead atoms. The Morgan fingerprint density at radius 3 is 2.64 bits per heavy atom.